The zero-order valence-electron chi connectivity index (χ0n) is 14.3. The fraction of sp³-hybridized carbons (Fsp3) is 0.190. The van der Waals surface area contributed by atoms with Gasteiger partial charge in [0.25, 0.3) is 5.91 Å². The van der Waals surface area contributed by atoms with Crippen molar-refractivity contribution < 1.29 is 4.79 Å². The topological polar surface area (TPSA) is 54.4 Å². The zero-order valence-corrected chi connectivity index (χ0v) is 14.3. The average Bonchev–Trinajstić information content (AvgIpc) is 3.44. The lowest BCUT2D eigenvalue weighted by molar-refractivity contribution is -0.110. The summed E-state index contributed by atoms with van der Waals surface area (Å²) in [6.45, 7) is 5.56. The fourth-order valence-electron chi connectivity index (χ4n) is 2.50. The van der Waals surface area contributed by atoms with Gasteiger partial charge in [0.05, 0.1) is 0 Å². The Labute approximate surface area is 148 Å². The normalized spacial score (nSPS) is 14.5. The number of nitrogens with zero attached hydrogens (tertiary/aromatic N) is 2. The predicted octanol–water partition coefficient (Wildman–Crippen LogP) is 4.50. The molecule has 3 rings (SSSR count). The second-order valence-corrected chi connectivity index (χ2v) is 6.14. The molecule has 0 saturated heterocycles. The number of benzene rings is 1. The summed E-state index contributed by atoms with van der Waals surface area (Å²) in [4.78, 5) is 21.0. The number of nitrogens with one attached hydrogen (secondary N) is 1. The molecule has 25 heavy (non-hydrogen) atoms. The molecule has 126 valence electrons. The SMILES string of the molecule is C=CN=C(/C=C/c1ccc(C2CC2)nc1)C(=O)Nc1cccc(C)c1. The molecule has 1 heterocycles. The molecule has 0 aliphatic heterocycles. The second-order valence-electron chi connectivity index (χ2n) is 6.14. The van der Waals surface area contributed by atoms with Crippen LogP contribution >= 0.6 is 0 Å². The molecule has 1 amide bonds. The highest BCUT2D eigenvalue weighted by atomic mass is 16.1. The average molecular weight is 331 g/mol. The van der Waals surface area contributed by atoms with Crippen molar-refractivity contribution in [1.82, 2.24) is 4.98 Å². The summed E-state index contributed by atoms with van der Waals surface area (Å²) in [7, 11) is 0. The monoisotopic (exact) mass is 331 g/mol. The Morgan fingerprint density at radius 3 is 2.80 bits per heavy atom. The van der Waals surface area contributed by atoms with Crippen molar-refractivity contribution in [2.24, 2.45) is 4.99 Å². The van der Waals surface area contributed by atoms with E-state index in [1.807, 2.05) is 49.5 Å². The van der Waals surface area contributed by atoms with Crippen molar-refractivity contribution in [3.63, 3.8) is 0 Å². The summed E-state index contributed by atoms with van der Waals surface area (Å²) in [6, 6.07) is 11.7. The quantitative estimate of drug-likeness (QED) is 0.792. The minimum atomic E-state index is -0.274. The molecule has 4 nitrogen and oxygen atoms in total. The van der Waals surface area contributed by atoms with E-state index in [0.29, 0.717) is 11.6 Å². The van der Waals surface area contributed by atoms with Gasteiger partial charge in [-0.25, -0.2) is 0 Å². The molecule has 1 aliphatic rings. The van der Waals surface area contributed by atoms with E-state index >= 15 is 0 Å². The fourth-order valence-corrected chi connectivity index (χ4v) is 2.50. The molecule has 0 bridgehead atoms. The van der Waals surface area contributed by atoms with Gasteiger partial charge in [0, 0.05) is 29.7 Å². The summed E-state index contributed by atoms with van der Waals surface area (Å²) < 4.78 is 0. The summed E-state index contributed by atoms with van der Waals surface area (Å²) in [5.74, 6) is 0.361. The molecule has 1 fully saturated rings. The van der Waals surface area contributed by atoms with Crippen LogP contribution in [0.25, 0.3) is 6.08 Å². The third-order valence-electron chi connectivity index (χ3n) is 3.98. The smallest absolute Gasteiger partial charge is 0.274 e. The molecule has 0 atom stereocenters. The number of aromatic nitrogens is 1. The van der Waals surface area contributed by atoms with Crippen LogP contribution in [-0.4, -0.2) is 16.6 Å². The van der Waals surface area contributed by atoms with Crippen LogP contribution in [0, 0.1) is 6.92 Å². The Morgan fingerprint density at radius 2 is 2.16 bits per heavy atom. The van der Waals surface area contributed by atoms with Crippen LogP contribution in [0.2, 0.25) is 0 Å². The standard InChI is InChI=1S/C21H21N3O/c1-3-22-20(21(25)24-18-6-4-5-15(2)13-18)12-8-16-7-11-19(23-14-16)17-9-10-17/h3-8,11-14,17H,1,9-10H2,2H3,(H,24,25)/b12-8+,22-20?. The molecule has 1 N–H and O–H groups in total. The van der Waals surface area contributed by atoms with Gasteiger partial charge in [0.15, 0.2) is 0 Å². The van der Waals surface area contributed by atoms with Crippen LogP contribution in [0.3, 0.4) is 0 Å². The van der Waals surface area contributed by atoms with Crippen molar-refractivity contribution in [2.75, 3.05) is 5.32 Å². The Hall–Kier alpha value is -3.01. The van der Waals surface area contributed by atoms with E-state index in [2.05, 4.69) is 27.9 Å². The molecular weight excluding hydrogens is 310 g/mol. The summed E-state index contributed by atoms with van der Waals surface area (Å²) >= 11 is 0. The summed E-state index contributed by atoms with van der Waals surface area (Å²) in [5, 5.41) is 2.85. The van der Waals surface area contributed by atoms with Crippen molar-refractivity contribution in [3.8, 4) is 0 Å². The Bertz CT molecular complexity index is 830. The molecule has 2 aromatic rings. The number of hydrogen-bond acceptors (Lipinski definition) is 3. The van der Waals surface area contributed by atoms with Gasteiger partial charge in [-0.3, -0.25) is 14.8 Å². The third kappa shape index (κ3) is 4.73. The van der Waals surface area contributed by atoms with Gasteiger partial charge in [-0.15, -0.1) is 0 Å². The van der Waals surface area contributed by atoms with Crippen LogP contribution in [0.4, 0.5) is 5.69 Å². The lowest BCUT2D eigenvalue weighted by Crippen LogP contribution is -2.21. The second kappa shape index (κ2) is 7.71. The minimum Gasteiger partial charge on any atom is -0.321 e. The molecule has 0 spiro atoms. The summed E-state index contributed by atoms with van der Waals surface area (Å²) in [6.07, 6.45) is 9.18. The van der Waals surface area contributed by atoms with Gasteiger partial charge in [-0.05, 0) is 55.2 Å². The van der Waals surface area contributed by atoms with Gasteiger partial charge in [-0.1, -0.05) is 30.9 Å². The summed E-state index contributed by atoms with van der Waals surface area (Å²) in [5.41, 5.74) is 4.20. The molecule has 0 radical (unpaired) electrons. The highest BCUT2D eigenvalue weighted by Crippen LogP contribution is 2.38. The van der Waals surface area contributed by atoms with Gasteiger partial charge >= 0.3 is 0 Å². The first-order valence-electron chi connectivity index (χ1n) is 8.36. The number of anilines is 1. The van der Waals surface area contributed by atoms with Crippen molar-refractivity contribution in [1.29, 1.82) is 0 Å². The molecule has 0 unspecified atom stereocenters. The zero-order chi connectivity index (χ0) is 17.6. The molecule has 1 saturated carbocycles. The van der Waals surface area contributed by atoms with Crippen LogP contribution in [0.1, 0.15) is 35.6 Å². The molecule has 1 aromatic carbocycles. The maximum absolute atomic E-state index is 12.4. The highest BCUT2D eigenvalue weighted by molar-refractivity contribution is 6.47. The number of carbonyl (C=O) groups excluding carboxylic acids is 1. The largest absolute Gasteiger partial charge is 0.321 e. The number of carbonyl (C=O) groups is 1. The number of aliphatic imine (C=N–C) groups is 1. The van der Waals surface area contributed by atoms with E-state index in [-0.39, 0.29) is 5.91 Å². The van der Waals surface area contributed by atoms with Gasteiger partial charge in [-0.2, -0.15) is 0 Å². The van der Waals surface area contributed by atoms with Crippen molar-refractivity contribution >= 4 is 23.4 Å². The lowest BCUT2D eigenvalue weighted by atomic mass is 10.2. The molecule has 1 aliphatic carbocycles. The van der Waals surface area contributed by atoms with E-state index in [1.165, 1.54) is 19.0 Å². The van der Waals surface area contributed by atoms with E-state index in [0.717, 1.165) is 22.5 Å². The van der Waals surface area contributed by atoms with Crippen LogP contribution in [-0.2, 0) is 4.79 Å². The Kier molecular flexibility index (Phi) is 5.19. The molecule has 4 heteroatoms. The van der Waals surface area contributed by atoms with Gasteiger partial charge in [0.2, 0.25) is 0 Å². The Morgan fingerprint density at radius 1 is 1.32 bits per heavy atom. The van der Waals surface area contributed by atoms with Crippen molar-refractivity contribution in [3.05, 3.63) is 78.3 Å². The maximum atomic E-state index is 12.4. The van der Waals surface area contributed by atoms with E-state index in [4.69, 9.17) is 0 Å². The number of aryl methyl sites for hydroxylation is 1. The van der Waals surface area contributed by atoms with Crippen LogP contribution < -0.4 is 5.32 Å². The van der Waals surface area contributed by atoms with Crippen LogP contribution in [0.5, 0.6) is 0 Å². The Balaban J connectivity index is 1.70. The first-order chi connectivity index (χ1) is 12.2. The van der Waals surface area contributed by atoms with E-state index in [9.17, 15) is 4.79 Å². The van der Waals surface area contributed by atoms with E-state index < -0.39 is 0 Å². The molecule has 1 aromatic heterocycles. The predicted molar refractivity (Wildman–Crippen MR) is 103 cm³/mol. The van der Waals surface area contributed by atoms with E-state index in [1.54, 1.807) is 6.08 Å². The lowest BCUT2D eigenvalue weighted by Gasteiger charge is -2.05. The third-order valence-corrected chi connectivity index (χ3v) is 3.98. The molecular formula is C21H21N3O. The maximum Gasteiger partial charge on any atom is 0.274 e. The highest BCUT2D eigenvalue weighted by Gasteiger charge is 2.24. The first kappa shape index (κ1) is 16.8. The number of hydrogen-bond donors (Lipinski definition) is 1. The first-order valence-corrected chi connectivity index (χ1v) is 8.36. The minimum absolute atomic E-state index is 0.274. The van der Waals surface area contributed by atoms with Gasteiger partial charge < -0.3 is 5.32 Å². The van der Waals surface area contributed by atoms with Crippen LogP contribution in [0.15, 0.2) is 66.4 Å². The van der Waals surface area contributed by atoms with Crippen molar-refractivity contribution in [2.45, 2.75) is 25.7 Å². The van der Waals surface area contributed by atoms with Gasteiger partial charge in [0.1, 0.15) is 5.71 Å². The number of pyridine rings is 1. The number of rotatable bonds is 6. The number of amides is 1.